The molecule has 1 aromatic heterocycles. The minimum atomic E-state index is -4.75. The number of carbonyl (C=O) groups is 1. The van der Waals surface area contributed by atoms with E-state index in [0.29, 0.717) is 12.0 Å². The van der Waals surface area contributed by atoms with Gasteiger partial charge in [-0.3, -0.25) is 14.7 Å². The molecular formula is C36H36N4O6S. The molecule has 0 fully saturated rings. The third kappa shape index (κ3) is 6.81. The molecule has 5 N–H and O–H groups in total. The Kier molecular flexibility index (Phi) is 8.92. The average Bonchev–Trinajstić information content (AvgIpc) is 3.42. The normalized spacial score (nSPS) is 16.0. The topological polar surface area (TPSA) is 165 Å². The van der Waals surface area contributed by atoms with E-state index >= 15 is 0 Å². The maximum absolute atomic E-state index is 13.7. The molecule has 1 amide bonds. The highest BCUT2D eigenvalue weighted by Crippen LogP contribution is 2.43. The van der Waals surface area contributed by atoms with Crippen molar-refractivity contribution in [2.24, 2.45) is 5.92 Å². The summed E-state index contributed by atoms with van der Waals surface area (Å²) in [6, 6.07) is 24.0. The molecule has 4 aromatic carbocycles. The van der Waals surface area contributed by atoms with E-state index in [4.69, 9.17) is 4.42 Å². The van der Waals surface area contributed by atoms with E-state index in [-0.39, 0.29) is 35.2 Å². The van der Waals surface area contributed by atoms with Crippen LogP contribution in [-0.4, -0.2) is 35.5 Å². The van der Waals surface area contributed by atoms with Crippen LogP contribution in [0, 0.1) is 17.2 Å². The SMILES string of the molecule is CC(C)C[C@H](NC(Nc1cccc(C#N)c1)S(=O)(=O)O)C(=O)Nc1c(C2CCc3c(ccc4c3ccc3ccccc34)C2)coc1O. The standard InChI is InChI=1S/C36H36N4O6S/c1-21(2)16-32(39-36(47(43,44)45)38-26-8-5-6-22(17-26)19-37)34(41)40-33-31(20-46-35(33)42)25-11-13-28-24(18-25)12-15-29-27-9-4-3-7-23(27)10-14-30(28)29/h3-10,12,14-15,17,20-21,25,32,36,38-39,42H,11,13,16,18H2,1-2H3,(H,40,41)(H,43,44,45)/t25?,32-,36?/m0/s1. The summed E-state index contributed by atoms with van der Waals surface area (Å²) in [5, 5.41) is 32.9. The molecule has 1 aliphatic carbocycles. The molecule has 0 bridgehead atoms. The summed E-state index contributed by atoms with van der Waals surface area (Å²) < 4.78 is 40.2. The second-order valence-electron chi connectivity index (χ2n) is 12.5. The molecule has 2 unspecified atom stereocenters. The number of nitrogens with zero attached hydrogens (tertiary/aromatic N) is 1. The van der Waals surface area contributed by atoms with Crippen LogP contribution in [0.4, 0.5) is 11.4 Å². The van der Waals surface area contributed by atoms with Crippen molar-refractivity contribution in [1.82, 2.24) is 5.32 Å². The Bertz CT molecular complexity index is 2120. The fraction of sp³-hybridized carbons (Fsp3) is 0.278. The van der Waals surface area contributed by atoms with E-state index in [1.165, 1.54) is 45.0 Å². The predicted molar refractivity (Wildman–Crippen MR) is 182 cm³/mol. The van der Waals surface area contributed by atoms with Crippen molar-refractivity contribution in [3.63, 3.8) is 0 Å². The zero-order chi connectivity index (χ0) is 33.3. The minimum Gasteiger partial charge on any atom is -0.479 e. The van der Waals surface area contributed by atoms with Gasteiger partial charge in [0.25, 0.3) is 10.1 Å². The van der Waals surface area contributed by atoms with Gasteiger partial charge in [-0.05, 0) is 88.4 Å². The third-order valence-electron chi connectivity index (χ3n) is 8.80. The zero-order valence-corrected chi connectivity index (χ0v) is 26.8. The number of fused-ring (bicyclic) bond motifs is 5. The average molecular weight is 653 g/mol. The summed E-state index contributed by atoms with van der Waals surface area (Å²) in [5.41, 5.74) is 2.08. The number of amides is 1. The summed E-state index contributed by atoms with van der Waals surface area (Å²) in [6.45, 7) is 3.75. The van der Waals surface area contributed by atoms with Crippen LogP contribution in [0.25, 0.3) is 21.5 Å². The van der Waals surface area contributed by atoms with Gasteiger partial charge in [0.2, 0.25) is 11.4 Å². The number of rotatable bonds is 10. The van der Waals surface area contributed by atoms with Gasteiger partial charge in [-0.15, -0.1) is 0 Å². The van der Waals surface area contributed by atoms with Crippen LogP contribution < -0.4 is 16.0 Å². The molecular weight excluding hydrogens is 616 g/mol. The highest BCUT2D eigenvalue weighted by molar-refractivity contribution is 7.86. The fourth-order valence-electron chi connectivity index (χ4n) is 6.57. The number of hydrogen-bond acceptors (Lipinski definition) is 8. The zero-order valence-electron chi connectivity index (χ0n) is 26.0. The second-order valence-corrected chi connectivity index (χ2v) is 14.0. The summed E-state index contributed by atoms with van der Waals surface area (Å²) in [7, 11) is -4.75. The van der Waals surface area contributed by atoms with Crippen molar-refractivity contribution >= 4 is 48.9 Å². The van der Waals surface area contributed by atoms with Crippen LogP contribution in [0.5, 0.6) is 5.95 Å². The lowest BCUT2D eigenvalue weighted by Gasteiger charge is -2.27. The third-order valence-corrected chi connectivity index (χ3v) is 9.64. The highest BCUT2D eigenvalue weighted by atomic mass is 32.2. The molecule has 0 aliphatic heterocycles. The van der Waals surface area contributed by atoms with Gasteiger partial charge in [0.15, 0.2) is 0 Å². The van der Waals surface area contributed by atoms with Gasteiger partial charge < -0.3 is 20.2 Å². The minimum absolute atomic E-state index is 0.0404. The summed E-state index contributed by atoms with van der Waals surface area (Å²) >= 11 is 0. The first-order valence-electron chi connectivity index (χ1n) is 15.5. The Morgan fingerprint density at radius 1 is 1.04 bits per heavy atom. The molecule has 11 heteroatoms. The number of hydrogen-bond donors (Lipinski definition) is 5. The van der Waals surface area contributed by atoms with Gasteiger partial charge in [-0.2, -0.15) is 13.7 Å². The summed E-state index contributed by atoms with van der Waals surface area (Å²) in [6.07, 6.45) is 3.94. The Morgan fingerprint density at radius 2 is 1.83 bits per heavy atom. The fourth-order valence-corrected chi connectivity index (χ4v) is 7.19. The molecule has 1 aliphatic rings. The summed E-state index contributed by atoms with van der Waals surface area (Å²) in [4.78, 5) is 13.7. The largest absolute Gasteiger partial charge is 0.479 e. The lowest BCUT2D eigenvalue weighted by Crippen LogP contribution is -2.52. The van der Waals surface area contributed by atoms with Gasteiger partial charge in [0, 0.05) is 11.3 Å². The van der Waals surface area contributed by atoms with Crippen LogP contribution in [0.1, 0.15) is 54.9 Å². The van der Waals surface area contributed by atoms with E-state index < -0.39 is 33.5 Å². The van der Waals surface area contributed by atoms with Crippen molar-refractivity contribution in [3.05, 3.63) is 101 Å². The molecule has 47 heavy (non-hydrogen) atoms. The molecule has 242 valence electrons. The van der Waals surface area contributed by atoms with Crippen LogP contribution in [0.3, 0.4) is 0 Å². The number of aryl methyl sites for hydroxylation is 1. The quantitative estimate of drug-likeness (QED) is 0.0630. The lowest BCUT2D eigenvalue weighted by molar-refractivity contribution is -0.118. The highest BCUT2D eigenvalue weighted by Gasteiger charge is 2.33. The number of furan rings is 1. The van der Waals surface area contributed by atoms with Crippen LogP contribution in [0.15, 0.2) is 83.5 Å². The van der Waals surface area contributed by atoms with E-state index in [9.17, 15) is 28.1 Å². The van der Waals surface area contributed by atoms with Gasteiger partial charge in [-0.25, -0.2) is 0 Å². The van der Waals surface area contributed by atoms with Crippen molar-refractivity contribution in [2.75, 3.05) is 10.6 Å². The van der Waals surface area contributed by atoms with Gasteiger partial charge in [0.1, 0.15) is 12.0 Å². The number of nitriles is 1. The molecule has 0 saturated carbocycles. The van der Waals surface area contributed by atoms with Crippen molar-refractivity contribution in [1.29, 1.82) is 5.26 Å². The number of carbonyl (C=O) groups excluding carboxylic acids is 1. The second kappa shape index (κ2) is 13.1. The van der Waals surface area contributed by atoms with E-state index in [0.717, 1.165) is 12.8 Å². The first-order chi connectivity index (χ1) is 22.5. The number of aromatic hydroxyl groups is 1. The van der Waals surface area contributed by atoms with Crippen molar-refractivity contribution < 1.29 is 27.3 Å². The Morgan fingerprint density at radius 3 is 2.60 bits per heavy atom. The number of benzene rings is 4. The van der Waals surface area contributed by atoms with Crippen molar-refractivity contribution in [2.45, 2.75) is 57.0 Å². The maximum Gasteiger partial charge on any atom is 0.306 e. The van der Waals surface area contributed by atoms with Gasteiger partial charge in [0.05, 0.1) is 17.7 Å². The predicted octanol–water partition coefficient (Wildman–Crippen LogP) is 6.66. The Labute approximate surface area is 273 Å². The summed E-state index contributed by atoms with van der Waals surface area (Å²) in [5.74, 6) is -1.13. The molecule has 5 aromatic rings. The lowest BCUT2D eigenvalue weighted by atomic mass is 9.78. The van der Waals surface area contributed by atoms with E-state index in [2.05, 4.69) is 52.3 Å². The van der Waals surface area contributed by atoms with Crippen LogP contribution in [0.2, 0.25) is 0 Å². The molecule has 0 radical (unpaired) electrons. The molecule has 1 heterocycles. The molecule has 6 rings (SSSR count). The van der Waals surface area contributed by atoms with Crippen LogP contribution >= 0.6 is 0 Å². The van der Waals surface area contributed by atoms with E-state index in [1.54, 1.807) is 18.2 Å². The first-order valence-corrected chi connectivity index (χ1v) is 17.0. The molecule has 3 atom stereocenters. The smallest absolute Gasteiger partial charge is 0.306 e. The Hall–Kier alpha value is -4.89. The van der Waals surface area contributed by atoms with Gasteiger partial charge >= 0.3 is 5.95 Å². The number of nitrogens with one attached hydrogen (secondary N) is 3. The van der Waals surface area contributed by atoms with Crippen LogP contribution in [-0.2, 0) is 27.8 Å². The van der Waals surface area contributed by atoms with Crippen molar-refractivity contribution in [3.8, 4) is 12.0 Å². The monoisotopic (exact) mass is 652 g/mol. The first kappa shape index (κ1) is 32.1. The van der Waals surface area contributed by atoms with Gasteiger partial charge in [-0.1, -0.05) is 68.4 Å². The maximum atomic E-state index is 13.7. The molecule has 10 nitrogen and oxygen atoms in total. The number of anilines is 2. The van der Waals surface area contributed by atoms with E-state index in [1.807, 2.05) is 32.0 Å². The Balaban J connectivity index is 1.24. The molecule has 0 spiro atoms. The molecule has 0 saturated heterocycles.